The molecule has 0 N–H and O–H groups in total. The smallest absolute Gasteiger partial charge is 0.372 e. The molecule has 0 radical (unpaired) electrons. The Bertz CT molecular complexity index is 1150. The summed E-state index contributed by atoms with van der Waals surface area (Å²) in [7, 11) is 0. The highest BCUT2D eigenvalue weighted by molar-refractivity contribution is 5.93. The van der Waals surface area contributed by atoms with E-state index in [0.29, 0.717) is 23.2 Å². The molecular formula is C21H18F3N5O. The molecule has 0 bridgehead atoms. The molecule has 0 unspecified atom stereocenters. The number of carbonyl (C=O) groups is 1. The Morgan fingerprint density at radius 1 is 1.03 bits per heavy atom. The molecule has 1 amide bonds. The van der Waals surface area contributed by atoms with E-state index in [-0.39, 0.29) is 22.9 Å². The van der Waals surface area contributed by atoms with E-state index in [1.54, 1.807) is 35.2 Å². The van der Waals surface area contributed by atoms with Crippen molar-refractivity contribution in [3.05, 3.63) is 65.6 Å². The third kappa shape index (κ3) is 3.20. The van der Waals surface area contributed by atoms with Crippen LogP contribution in [0.2, 0.25) is 0 Å². The lowest BCUT2D eigenvalue weighted by Gasteiger charge is -2.35. The molecule has 1 aromatic carbocycles. The van der Waals surface area contributed by atoms with Gasteiger partial charge in [-0.3, -0.25) is 4.79 Å². The van der Waals surface area contributed by atoms with E-state index in [1.165, 1.54) is 6.07 Å². The van der Waals surface area contributed by atoms with Gasteiger partial charge < -0.3 is 9.80 Å². The van der Waals surface area contributed by atoms with Crippen molar-refractivity contribution in [2.45, 2.75) is 12.6 Å². The van der Waals surface area contributed by atoms with Crippen LogP contribution in [-0.2, 0) is 6.18 Å². The lowest BCUT2D eigenvalue weighted by atomic mass is 10.1. The molecule has 2 aliphatic rings. The molecule has 0 atom stereocenters. The quantitative estimate of drug-likeness (QED) is 0.646. The van der Waals surface area contributed by atoms with Gasteiger partial charge in [0.2, 0.25) is 0 Å². The topological polar surface area (TPSA) is 53.7 Å². The van der Waals surface area contributed by atoms with E-state index in [1.807, 2.05) is 0 Å². The summed E-state index contributed by atoms with van der Waals surface area (Å²) in [6.07, 6.45) is -1.59. The molecule has 154 valence electrons. The third-order valence-corrected chi connectivity index (χ3v) is 5.47. The summed E-state index contributed by atoms with van der Waals surface area (Å²) in [6.45, 7) is 2.63. The first kappa shape index (κ1) is 18.7. The van der Waals surface area contributed by atoms with Crippen LogP contribution >= 0.6 is 0 Å². The van der Waals surface area contributed by atoms with Gasteiger partial charge in [-0.1, -0.05) is 36.4 Å². The first-order valence-electron chi connectivity index (χ1n) is 9.67. The van der Waals surface area contributed by atoms with Gasteiger partial charge in [-0.05, 0) is 12.5 Å². The number of alkyl halides is 3. The first-order valence-corrected chi connectivity index (χ1v) is 9.67. The Morgan fingerprint density at radius 2 is 1.83 bits per heavy atom. The van der Waals surface area contributed by atoms with Crippen LogP contribution in [0.4, 0.5) is 13.2 Å². The van der Waals surface area contributed by atoms with Crippen molar-refractivity contribution < 1.29 is 18.0 Å². The van der Waals surface area contributed by atoms with Gasteiger partial charge in [0.25, 0.3) is 5.91 Å². The number of hydrogen-bond acceptors (Lipinski definition) is 4. The fraction of sp³-hybridized carbons (Fsp3) is 0.286. The summed E-state index contributed by atoms with van der Waals surface area (Å²) in [5, 5.41) is 3.98. The number of rotatable bonds is 2. The van der Waals surface area contributed by atoms with E-state index < -0.39 is 11.9 Å². The van der Waals surface area contributed by atoms with Crippen LogP contribution in [0, 0.1) is 0 Å². The molecular weight excluding hydrogens is 395 g/mol. The molecule has 9 heteroatoms. The number of nitrogens with zero attached hydrogens (tertiary/aromatic N) is 5. The van der Waals surface area contributed by atoms with Gasteiger partial charge >= 0.3 is 6.18 Å². The van der Waals surface area contributed by atoms with Crippen molar-refractivity contribution in [1.29, 1.82) is 0 Å². The molecule has 30 heavy (non-hydrogen) atoms. The molecule has 0 spiro atoms. The number of fused-ring (bicyclic) bond motifs is 2. The maximum atomic E-state index is 13.7. The molecule has 2 aliphatic heterocycles. The van der Waals surface area contributed by atoms with Crippen molar-refractivity contribution in [2.75, 3.05) is 26.2 Å². The van der Waals surface area contributed by atoms with Gasteiger partial charge in [0.1, 0.15) is 0 Å². The number of benzene rings is 1. The van der Waals surface area contributed by atoms with Crippen LogP contribution < -0.4 is 0 Å². The van der Waals surface area contributed by atoms with Crippen LogP contribution in [-0.4, -0.2) is 56.5 Å². The molecule has 5 rings (SSSR count). The van der Waals surface area contributed by atoms with E-state index in [9.17, 15) is 18.0 Å². The van der Waals surface area contributed by atoms with Crippen LogP contribution in [0.3, 0.4) is 0 Å². The SMILES string of the molecule is O=C(c1cc2nc(-c3ccccc3)cc(C(F)(F)F)n2n1)N1CCN2CCC=C2C1. The van der Waals surface area contributed by atoms with Gasteiger partial charge in [-0.15, -0.1) is 0 Å². The van der Waals surface area contributed by atoms with E-state index in [0.717, 1.165) is 31.3 Å². The molecule has 2 aromatic heterocycles. The zero-order chi connectivity index (χ0) is 20.9. The van der Waals surface area contributed by atoms with Crippen LogP contribution in [0.1, 0.15) is 22.6 Å². The van der Waals surface area contributed by atoms with Crippen molar-refractivity contribution in [3.8, 4) is 11.3 Å². The Balaban J connectivity index is 1.55. The summed E-state index contributed by atoms with van der Waals surface area (Å²) in [5.41, 5.74) is 0.812. The molecule has 4 heterocycles. The predicted molar refractivity (Wildman–Crippen MR) is 104 cm³/mol. The average Bonchev–Trinajstić information content (AvgIpc) is 3.38. The van der Waals surface area contributed by atoms with Gasteiger partial charge in [0.05, 0.1) is 12.2 Å². The van der Waals surface area contributed by atoms with E-state index >= 15 is 0 Å². The lowest BCUT2D eigenvalue weighted by Crippen LogP contribution is -2.46. The maximum absolute atomic E-state index is 13.7. The van der Waals surface area contributed by atoms with Crippen molar-refractivity contribution in [2.24, 2.45) is 0 Å². The standard InChI is InChI=1S/C21H18F3N5O/c22-21(23,24)18-11-16(14-5-2-1-3-6-14)25-19-12-17(26-29(18)19)20(30)28-10-9-27-8-4-7-15(27)13-28/h1-3,5-7,11-12H,4,8-10,13H2. The second-order valence-corrected chi connectivity index (χ2v) is 7.39. The minimum absolute atomic E-state index is 0.00857. The number of piperazine rings is 1. The van der Waals surface area contributed by atoms with Gasteiger partial charge in [-0.25, -0.2) is 9.50 Å². The minimum Gasteiger partial charge on any atom is -0.372 e. The Hall–Kier alpha value is -3.36. The molecule has 0 saturated carbocycles. The summed E-state index contributed by atoms with van der Waals surface area (Å²) in [6, 6.07) is 10.9. The third-order valence-electron chi connectivity index (χ3n) is 5.47. The molecule has 1 fully saturated rings. The fourth-order valence-electron chi connectivity index (χ4n) is 3.97. The second kappa shape index (κ2) is 6.86. The lowest BCUT2D eigenvalue weighted by molar-refractivity contribution is -0.142. The molecule has 6 nitrogen and oxygen atoms in total. The maximum Gasteiger partial charge on any atom is 0.433 e. The normalized spacial score (nSPS) is 16.7. The highest BCUT2D eigenvalue weighted by Gasteiger charge is 2.36. The monoisotopic (exact) mass is 413 g/mol. The van der Waals surface area contributed by atoms with Crippen LogP contribution in [0.15, 0.2) is 54.2 Å². The average molecular weight is 413 g/mol. The number of carbonyl (C=O) groups excluding carboxylic acids is 1. The minimum atomic E-state index is -4.64. The summed E-state index contributed by atoms with van der Waals surface area (Å²) < 4.78 is 41.9. The van der Waals surface area contributed by atoms with Crippen molar-refractivity contribution in [1.82, 2.24) is 24.4 Å². The Labute approximate surface area is 170 Å². The fourth-order valence-corrected chi connectivity index (χ4v) is 3.97. The summed E-state index contributed by atoms with van der Waals surface area (Å²) >= 11 is 0. The molecule has 0 aliphatic carbocycles. The highest BCUT2D eigenvalue weighted by Crippen LogP contribution is 2.32. The van der Waals surface area contributed by atoms with Gasteiger partial charge in [0, 0.05) is 37.0 Å². The summed E-state index contributed by atoms with van der Waals surface area (Å²) in [5.74, 6) is -0.387. The second-order valence-electron chi connectivity index (χ2n) is 7.39. The van der Waals surface area contributed by atoms with Crippen LogP contribution in [0.5, 0.6) is 0 Å². The van der Waals surface area contributed by atoms with Gasteiger partial charge in [-0.2, -0.15) is 18.3 Å². The number of aromatic nitrogens is 3. The van der Waals surface area contributed by atoms with Gasteiger partial charge in [0.15, 0.2) is 17.0 Å². The number of halogens is 3. The molecule has 1 saturated heterocycles. The number of hydrogen-bond donors (Lipinski definition) is 0. The zero-order valence-electron chi connectivity index (χ0n) is 15.9. The summed E-state index contributed by atoms with van der Waals surface area (Å²) in [4.78, 5) is 21.2. The van der Waals surface area contributed by atoms with Crippen LogP contribution in [0.25, 0.3) is 16.9 Å². The van der Waals surface area contributed by atoms with E-state index in [4.69, 9.17) is 0 Å². The Morgan fingerprint density at radius 3 is 2.60 bits per heavy atom. The predicted octanol–water partition coefficient (Wildman–Crippen LogP) is 3.46. The van der Waals surface area contributed by atoms with E-state index in [2.05, 4.69) is 21.1 Å². The van der Waals surface area contributed by atoms with Crippen molar-refractivity contribution in [3.63, 3.8) is 0 Å². The zero-order valence-corrected chi connectivity index (χ0v) is 15.9. The first-order chi connectivity index (χ1) is 14.4. The highest BCUT2D eigenvalue weighted by atomic mass is 19.4. The van der Waals surface area contributed by atoms with Crippen molar-refractivity contribution >= 4 is 11.6 Å². The molecule has 3 aromatic rings. The number of amides is 1. The Kier molecular flexibility index (Phi) is 4.27. The largest absolute Gasteiger partial charge is 0.433 e.